The average Bonchev–Trinajstić information content (AvgIpc) is 3.90. The Morgan fingerprint density at radius 3 is 1.08 bits per heavy atom. The summed E-state index contributed by atoms with van der Waals surface area (Å²) in [7, 11) is 7.76. The summed E-state index contributed by atoms with van der Waals surface area (Å²) in [5.41, 5.74) is 3.98. The molecule has 252 valence electrons. The number of aryl methyl sites for hydroxylation is 4. The Kier molecular flexibility index (Phi) is 8.62. The molecule has 8 heterocycles. The Bertz CT molecular complexity index is 2390. The maximum atomic E-state index is 4.44. The first kappa shape index (κ1) is 33.3. The molecule has 0 N–H and O–H groups in total. The van der Waals surface area contributed by atoms with Crippen molar-refractivity contribution >= 4 is 43.6 Å². The van der Waals surface area contributed by atoms with Gasteiger partial charge >= 0.3 is 42.1 Å². The van der Waals surface area contributed by atoms with Crippen LogP contribution in [0.4, 0.5) is 0 Å². The third-order valence-corrected chi connectivity index (χ3v) is 8.40. The fourth-order valence-electron chi connectivity index (χ4n) is 6.11. The molecule has 0 unspecified atom stereocenters. The van der Waals surface area contributed by atoms with E-state index in [9.17, 15) is 0 Å². The van der Waals surface area contributed by atoms with Gasteiger partial charge in [-0.25, -0.2) is 9.97 Å². The zero-order chi connectivity index (χ0) is 32.5. The fraction of sp³-hybridized carbons (Fsp3) is 0.111. The number of imidazole rings is 4. The monoisotopic (exact) mass is 1020 g/mol. The molecule has 0 radical (unpaired) electrons. The van der Waals surface area contributed by atoms with Gasteiger partial charge in [-0.05, 0) is 50.5 Å². The van der Waals surface area contributed by atoms with Gasteiger partial charge in [0.15, 0.2) is 11.6 Å². The Morgan fingerprint density at radius 2 is 0.800 bits per heavy atom. The van der Waals surface area contributed by atoms with E-state index in [1.165, 1.54) is 0 Å². The van der Waals surface area contributed by atoms with Crippen molar-refractivity contribution in [2.24, 2.45) is 28.2 Å². The predicted molar refractivity (Wildman–Crippen MR) is 183 cm³/mol. The molecular formula is C36H28N12Pt2. The first-order valence-electron chi connectivity index (χ1n) is 15.3. The quantitative estimate of drug-likeness (QED) is 0.225. The van der Waals surface area contributed by atoms with Crippen LogP contribution in [0.2, 0.25) is 0 Å². The molecule has 0 spiro atoms. The molecule has 50 heavy (non-hydrogen) atoms. The molecule has 2 aromatic carbocycles. The molecule has 0 aliphatic rings. The Hall–Kier alpha value is -5.18. The van der Waals surface area contributed by atoms with E-state index in [2.05, 4.69) is 90.3 Å². The summed E-state index contributed by atoms with van der Waals surface area (Å²) >= 11 is 0. The van der Waals surface area contributed by atoms with E-state index in [-0.39, 0.29) is 42.1 Å². The second-order valence-electron chi connectivity index (χ2n) is 11.9. The summed E-state index contributed by atoms with van der Waals surface area (Å²) in [5.74, 6) is 3.43. The first-order chi connectivity index (χ1) is 23.4. The number of aromatic nitrogens is 12. The molecular weight excluding hydrogens is 991 g/mol. The van der Waals surface area contributed by atoms with Crippen molar-refractivity contribution in [2.75, 3.05) is 0 Å². The van der Waals surface area contributed by atoms with Crippen LogP contribution < -0.4 is 0 Å². The summed E-state index contributed by atoms with van der Waals surface area (Å²) in [6, 6.07) is 19.8. The van der Waals surface area contributed by atoms with Gasteiger partial charge in [-0.1, -0.05) is 46.3 Å². The average molecular weight is 1020 g/mol. The zero-order valence-electron chi connectivity index (χ0n) is 27.2. The van der Waals surface area contributed by atoms with Gasteiger partial charge in [-0.3, -0.25) is 0 Å². The van der Waals surface area contributed by atoms with Crippen LogP contribution >= 0.6 is 0 Å². The number of hydrogen-bond donors (Lipinski definition) is 0. The first-order valence-corrected chi connectivity index (χ1v) is 15.3. The number of nitrogens with zero attached hydrogens (tertiary/aromatic N) is 12. The molecule has 14 heteroatoms. The number of benzene rings is 2. The van der Waals surface area contributed by atoms with Gasteiger partial charge in [-0.2, -0.15) is 12.1 Å². The van der Waals surface area contributed by atoms with Gasteiger partial charge in [-0.15, -0.1) is 46.1 Å². The van der Waals surface area contributed by atoms with E-state index in [4.69, 9.17) is 0 Å². The SMILES string of the molecule is Cn1[c-]nc(-n2ccc3cc4ccn(-c5cn(C)cn5)c4[c-]c32)c1.Cn1[c-]nc(-n2ccc3cc4ccn(-c5cn(C)cn5)c4[c-]c32)c1.[Pt+2].[Pt+2]. The maximum Gasteiger partial charge on any atom is 2.00 e. The largest absolute Gasteiger partial charge is 2.00 e. The molecule has 10 aromatic rings. The van der Waals surface area contributed by atoms with Crippen molar-refractivity contribution in [1.82, 2.24) is 56.5 Å². The molecule has 0 atom stereocenters. The molecule has 0 aliphatic carbocycles. The van der Waals surface area contributed by atoms with E-state index in [1.54, 1.807) is 12.7 Å². The van der Waals surface area contributed by atoms with Gasteiger partial charge in [0.1, 0.15) is 0 Å². The van der Waals surface area contributed by atoms with E-state index in [1.807, 2.05) is 105 Å². The second-order valence-corrected chi connectivity index (χ2v) is 11.9. The van der Waals surface area contributed by atoms with Gasteiger partial charge in [0, 0.05) is 39.1 Å². The van der Waals surface area contributed by atoms with Gasteiger partial charge in [0.25, 0.3) is 0 Å². The molecule has 0 bridgehead atoms. The van der Waals surface area contributed by atoms with Gasteiger partial charge in [0.05, 0.1) is 12.7 Å². The van der Waals surface area contributed by atoms with Crippen LogP contribution in [0.3, 0.4) is 0 Å². The van der Waals surface area contributed by atoms with Crippen LogP contribution in [0.1, 0.15) is 0 Å². The molecule has 10 rings (SSSR count). The molecule has 0 saturated heterocycles. The zero-order valence-corrected chi connectivity index (χ0v) is 31.8. The van der Waals surface area contributed by atoms with Crippen molar-refractivity contribution in [2.45, 2.75) is 0 Å². The fourth-order valence-corrected chi connectivity index (χ4v) is 6.11. The Balaban J connectivity index is 0.000000151. The van der Waals surface area contributed by atoms with Crippen LogP contribution in [0.5, 0.6) is 0 Å². The maximum absolute atomic E-state index is 4.44. The summed E-state index contributed by atoms with van der Waals surface area (Å²) < 4.78 is 15.7. The minimum atomic E-state index is 0. The summed E-state index contributed by atoms with van der Waals surface area (Å²) in [4.78, 5) is 17.5. The van der Waals surface area contributed by atoms with E-state index < -0.39 is 0 Å². The topological polar surface area (TPSA) is 91.0 Å². The van der Waals surface area contributed by atoms with E-state index in [0.717, 1.165) is 66.9 Å². The standard InChI is InChI=1S/2C18H14N6.2Pt/c2*1-21-9-17(19-11-21)23-5-3-13-7-14-4-6-24(16(14)8-15(13)23)18-10-22(2)12-20-18;;/h2*3-7,9-11H,1-2H3;;/q2*-2;2*+2. The Labute approximate surface area is 315 Å². The van der Waals surface area contributed by atoms with Crippen molar-refractivity contribution in [3.8, 4) is 23.3 Å². The van der Waals surface area contributed by atoms with Gasteiger partial charge in [0.2, 0.25) is 0 Å². The van der Waals surface area contributed by atoms with Crippen molar-refractivity contribution in [3.05, 3.63) is 123 Å². The summed E-state index contributed by atoms with van der Waals surface area (Å²) in [6.07, 6.45) is 25.4. The Morgan fingerprint density at radius 1 is 0.460 bits per heavy atom. The van der Waals surface area contributed by atoms with Crippen molar-refractivity contribution in [3.63, 3.8) is 0 Å². The van der Waals surface area contributed by atoms with E-state index >= 15 is 0 Å². The molecule has 8 aromatic heterocycles. The smallest absolute Gasteiger partial charge is 0.454 e. The number of hydrogen-bond acceptors (Lipinski definition) is 4. The van der Waals surface area contributed by atoms with Gasteiger partial charge < -0.3 is 46.5 Å². The molecule has 0 saturated carbocycles. The molecule has 0 amide bonds. The molecule has 12 nitrogen and oxygen atoms in total. The van der Waals surface area contributed by atoms with Crippen LogP contribution in [0, 0.1) is 24.8 Å². The van der Waals surface area contributed by atoms with Crippen LogP contribution in [-0.2, 0) is 70.3 Å². The summed E-state index contributed by atoms with van der Waals surface area (Å²) in [6.45, 7) is 0. The minimum Gasteiger partial charge on any atom is -0.454 e. The molecule has 0 fully saturated rings. The molecule has 0 aliphatic heterocycles. The van der Waals surface area contributed by atoms with Crippen molar-refractivity contribution in [1.29, 1.82) is 0 Å². The third kappa shape index (κ3) is 5.68. The van der Waals surface area contributed by atoms with Crippen molar-refractivity contribution < 1.29 is 42.1 Å². The van der Waals surface area contributed by atoms with Crippen LogP contribution in [0.25, 0.3) is 66.9 Å². The van der Waals surface area contributed by atoms with E-state index in [0.29, 0.717) is 0 Å². The normalized spacial score (nSPS) is 11.3. The minimum absolute atomic E-state index is 0. The third-order valence-electron chi connectivity index (χ3n) is 8.40. The van der Waals surface area contributed by atoms with Crippen LogP contribution in [0.15, 0.2) is 98.6 Å². The number of fused-ring (bicyclic) bond motifs is 4. The summed E-state index contributed by atoms with van der Waals surface area (Å²) in [5, 5.41) is 4.54. The number of rotatable bonds is 4. The van der Waals surface area contributed by atoms with Crippen LogP contribution in [-0.4, -0.2) is 56.5 Å². The predicted octanol–water partition coefficient (Wildman–Crippen LogP) is 5.28. The second kappa shape index (κ2) is 12.9.